The standard InChI is InChI=1S/C14H20N2O/c1-14(9-5-6-10-16-14)13(17)15-11-12-7-3-2-4-8-12/h2-4,7-8,16H,5-6,9-11H2,1H3,(H,15,17). The molecule has 1 aliphatic heterocycles. The van der Waals surface area contributed by atoms with Gasteiger partial charge in [-0.3, -0.25) is 4.79 Å². The first kappa shape index (κ1) is 12.1. The summed E-state index contributed by atoms with van der Waals surface area (Å²) in [5.41, 5.74) is 0.757. The molecule has 1 heterocycles. The fourth-order valence-corrected chi connectivity index (χ4v) is 2.22. The molecule has 3 nitrogen and oxygen atoms in total. The summed E-state index contributed by atoms with van der Waals surface area (Å²) in [7, 11) is 0. The predicted octanol–water partition coefficient (Wildman–Crippen LogP) is 1.83. The summed E-state index contributed by atoms with van der Waals surface area (Å²) in [5, 5.41) is 6.33. The molecule has 1 unspecified atom stereocenters. The van der Waals surface area contributed by atoms with Gasteiger partial charge in [0.15, 0.2) is 0 Å². The molecule has 1 aromatic carbocycles. The van der Waals surface area contributed by atoms with Crippen LogP contribution in [-0.2, 0) is 11.3 Å². The van der Waals surface area contributed by atoms with E-state index in [0.717, 1.165) is 24.9 Å². The van der Waals surface area contributed by atoms with Crippen LogP contribution in [0.1, 0.15) is 31.7 Å². The molecule has 1 aliphatic rings. The van der Waals surface area contributed by atoms with Crippen molar-refractivity contribution in [1.82, 2.24) is 10.6 Å². The third-order valence-electron chi connectivity index (χ3n) is 3.42. The Morgan fingerprint density at radius 3 is 2.76 bits per heavy atom. The molecule has 1 fully saturated rings. The first-order valence-electron chi connectivity index (χ1n) is 6.28. The van der Waals surface area contributed by atoms with Crippen LogP contribution < -0.4 is 10.6 Å². The lowest BCUT2D eigenvalue weighted by atomic mass is 9.90. The lowest BCUT2D eigenvalue weighted by Crippen LogP contribution is -2.56. The third-order valence-corrected chi connectivity index (χ3v) is 3.42. The summed E-state index contributed by atoms with van der Waals surface area (Å²) in [6.07, 6.45) is 3.22. The predicted molar refractivity (Wildman–Crippen MR) is 68.5 cm³/mol. The number of amides is 1. The van der Waals surface area contributed by atoms with E-state index in [1.807, 2.05) is 37.3 Å². The molecule has 92 valence electrons. The Morgan fingerprint density at radius 1 is 1.35 bits per heavy atom. The number of hydrogen-bond acceptors (Lipinski definition) is 2. The average molecular weight is 232 g/mol. The van der Waals surface area contributed by atoms with E-state index < -0.39 is 0 Å². The van der Waals surface area contributed by atoms with Crippen molar-refractivity contribution in [3.8, 4) is 0 Å². The van der Waals surface area contributed by atoms with Crippen molar-refractivity contribution < 1.29 is 4.79 Å². The van der Waals surface area contributed by atoms with E-state index in [1.54, 1.807) is 0 Å². The highest BCUT2D eigenvalue weighted by molar-refractivity contribution is 5.85. The zero-order valence-electron chi connectivity index (χ0n) is 10.3. The normalized spacial score (nSPS) is 24.3. The SMILES string of the molecule is CC1(C(=O)NCc2ccccc2)CCCCN1. The van der Waals surface area contributed by atoms with Gasteiger partial charge in [-0.15, -0.1) is 0 Å². The Balaban J connectivity index is 1.88. The van der Waals surface area contributed by atoms with Crippen molar-refractivity contribution >= 4 is 5.91 Å². The molecule has 0 saturated carbocycles. The Labute approximate surface area is 103 Å². The summed E-state index contributed by atoms with van der Waals surface area (Å²) in [6.45, 7) is 3.54. The van der Waals surface area contributed by atoms with Crippen molar-refractivity contribution in [3.05, 3.63) is 35.9 Å². The van der Waals surface area contributed by atoms with Crippen molar-refractivity contribution in [2.24, 2.45) is 0 Å². The van der Waals surface area contributed by atoms with Gasteiger partial charge in [0.25, 0.3) is 0 Å². The maximum absolute atomic E-state index is 12.1. The minimum Gasteiger partial charge on any atom is -0.350 e. The van der Waals surface area contributed by atoms with Crippen molar-refractivity contribution in [1.29, 1.82) is 0 Å². The second-order valence-corrected chi connectivity index (χ2v) is 4.88. The van der Waals surface area contributed by atoms with E-state index >= 15 is 0 Å². The summed E-state index contributed by atoms with van der Waals surface area (Å²) < 4.78 is 0. The van der Waals surface area contributed by atoms with Gasteiger partial charge in [0.1, 0.15) is 0 Å². The second kappa shape index (κ2) is 5.32. The van der Waals surface area contributed by atoms with Gasteiger partial charge in [-0.1, -0.05) is 30.3 Å². The van der Waals surface area contributed by atoms with Crippen molar-refractivity contribution in [2.45, 2.75) is 38.3 Å². The Bertz CT molecular complexity index is 369. The molecule has 1 saturated heterocycles. The van der Waals surface area contributed by atoms with Gasteiger partial charge in [-0.05, 0) is 38.3 Å². The minimum absolute atomic E-state index is 0.112. The number of carbonyl (C=O) groups excluding carboxylic acids is 1. The van der Waals surface area contributed by atoms with Crippen LogP contribution >= 0.6 is 0 Å². The smallest absolute Gasteiger partial charge is 0.240 e. The van der Waals surface area contributed by atoms with Crippen LogP contribution in [0.4, 0.5) is 0 Å². The highest BCUT2D eigenvalue weighted by atomic mass is 16.2. The summed E-state index contributed by atoms with van der Waals surface area (Å²) >= 11 is 0. The van der Waals surface area contributed by atoms with E-state index in [9.17, 15) is 4.79 Å². The van der Waals surface area contributed by atoms with Crippen LogP contribution in [0.25, 0.3) is 0 Å². The molecule has 2 N–H and O–H groups in total. The van der Waals surface area contributed by atoms with E-state index in [4.69, 9.17) is 0 Å². The molecule has 0 bridgehead atoms. The van der Waals surface area contributed by atoms with Gasteiger partial charge in [-0.2, -0.15) is 0 Å². The van der Waals surface area contributed by atoms with Crippen LogP contribution in [0.5, 0.6) is 0 Å². The Morgan fingerprint density at radius 2 is 2.12 bits per heavy atom. The molecule has 0 radical (unpaired) electrons. The minimum atomic E-state index is -0.382. The second-order valence-electron chi connectivity index (χ2n) is 4.88. The largest absolute Gasteiger partial charge is 0.350 e. The molecule has 3 heteroatoms. The van der Waals surface area contributed by atoms with Gasteiger partial charge in [0.2, 0.25) is 5.91 Å². The zero-order valence-corrected chi connectivity index (χ0v) is 10.3. The molecule has 17 heavy (non-hydrogen) atoms. The summed E-state index contributed by atoms with van der Waals surface area (Å²) in [6, 6.07) is 10.0. The van der Waals surface area contributed by atoms with Gasteiger partial charge < -0.3 is 10.6 Å². The van der Waals surface area contributed by atoms with E-state index in [-0.39, 0.29) is 11.4 Å². The highest BCUT2D eigenvalue weighted by Gasteiger charge is 2.33. The van der Waals surface area contributed by atoms with Crippen LogP contribution in [-0.4, -0.2) is 18.0 Å². The maximum Gasteiger partial charge on any atom is 0.240 e. The van der Waals surface area contributed by atoms with E-state index in [2.05, 4.69) is 10.6 Å². The first-order valence-corrected chi connectivity index (χ1v) is 6.28. The number of benzene rings is 1. The Kier molecular flexibility index (Phi) is 3.79. The molecule has 0 aliphatic carbocycles. The molecule has 0 spiro atoms. The van der Waals surface area contributed by atoms with Gasteiger partial charge >= 0.3 is 0 Å². The van der Waals surface area contributed by atoms with E-state index in [0.29, 0.717) is 6.54 Å². The average Bonchev–Trinajstić information content (AvgIpc) is 2.38. The summed E-state index contributed by atoms with van der Waals surface area (Å²) in [4.78, 5) is 12.1. The van der Waals surface area contributed by atoms with Gasteiger partial charge in [0, 0.05) is 6.54 Å². The van der Waals surface area contributed by atoms with Crippen molar-refractivity contribution in [2.75, 3.05) is 6.54 Å². The van der Waals surface area contributed by atoms with Crippen LogP contribution in [0.3, 0.4) is 0 Å². The fraction of sp³-hybridized carbons (Fsp3) is 0.500. The molecule has 1 atom stereocenters. The van der Waals surface area contributed by atoms with Crippen molar-refractivity contribution in [3.63, 3.8) is 0 Å². The maximum atomic E-state index is 12.1. The topological polar surface area (TPSA) is 41.1 Å². The number of nitrogens with one attached hydrogen (secondary N) is 2. The Hall–Kier alpha value is -1.35. The van der Waals surface area contributed by atoms with E-state index in [1.165, 1.54) is 6.42 Å². The third kappa shape index (κ3) is 3.07. The molecule has 2 rings (SSSR count). The lowest BCUT2D eigenvalue weighted by molar-refractivity contribution is -0.128. The molecule has 1 aromatic rings. The number of rotatable bonds is 3. The molecular formula is C14H20N2O. The number of piperidine rings is 1. The molecule has 1 amide bonds. The number of hydrogen-bond donors (Lipinski definition) is 2. The first-order chi connectivity index (χ1) is 8.21. The number of carbonyl (C=O) groups is 1. The fourth-order valence-electron chi connectivity index (χ4n) is 2.22. The molecule has 0 aromatic heterocycles. The van der Waals surface area contributed by atoms with Crippen LogP contribution in [0.15, 0.2) is 30.3 Å². The zero-order chi connectivity index (χ0) is 12.1. The lowest BCUT2D eigenvalue weighted by Gasteiger charge is -2.33. The van der Waals surface area contributed by atoms with Gasteiger partial charge in [0.05, 0.1) is 5.54 Å². The summed E-state index contributed by atoms with van der Waals surface area (Å²) in [5.74, 6) is 0.112. The quantitative estimate of drug-likeness (QED) is 0.835. The van der Waals surface area contributed by atoms with Gasteiger partial charge in [-0.25, -0.2) is 0 Å². The van der Waals surface area contributed by atoms with Crippen LogP contribution in [0.2, 0.25) is 0 Å². The molecular weight excluding hydrogens is 212 g/mol. The monoisotopic (exact) mass is 232 g/mol. The van der Waals surface area contributed by atoms with Crippen LogP contribution in [0, 0.1) is 0 Å². The highest BCUT2D eigenvalue weighted by Crippen LogP contribution is 2.18.